The average molecular weight is 376 g/mol. The van der Waals surface area contributed by atoms with Gasteiger partial charge in [0.25, 0.3) is 0 Å². The largest absolute Gasteiger partial charge is 0.491 e. The molecule has 0 saturated carbocycles. The summed E-state index contributed by atoms with van der Waals surface area (Å²) in [6.45, 7) is 1.86. The highest BCUT2D eigenvalue weighted by molar-refractivity contribution is 9.10. The third kappa shape index (κ3) is 10.2. The van der Waals surface area contributed by atoms with Crippen molar-refractivity contribution in [3.05, 3.63) is 28.7 Å². The Morgan fingerprint density at radius 1 is 1.29 bits per heavy atom. The van der Waals surface area contributed by atoms with Crippen LogP contribution in [0.3, 0.4) is 0 Å². The molecule has 0 fully saturated rings. The lowest BCUT2D eigenvalue weighted by Crippen LogP contribution is -2.32. The molecule has 1 aromatic carbocycles. The first kappa shape index (κ1) is 18.8. The molecule has 1 atom stereocenters. The van der Waals surface area contributed by atoms with E-state index >= 15 is 0 Å². The smallest absolute Gasteiger partial charge is 0.120 e. The van der Waals surface area contributed by atoms with Gasteiger partial charge in [-0.1, -0.05) is 34.8 Å². The topological polar surface area (TPSA) is 41.5 Å². The SMILES string of the molecule is CSCCCCCCNCC(O)COc1cccc(Br)c1. The molecule has 0 aromatic heterocycles. The van der Waals surface area contributed by atoms with Crippen LogP contribution in [0.1, 0.15) is 25.7 Å². The average Bonchev–Trinajstić information content (AvgIpc) is 2.48. The summed E-state index contributed by atoms with van der Waals surface area (Å²) in [5, 5.41) is 13.1. The van der Waals surface area contributed by atoms with E-state index in [1.165, 1.54) is 31.4 Å². The zero-order valence-corrected chi connectivity index (χ0v) is 15.1. The normalized spacial score (nSPS) is 12.3. The molecule has 21 heavy (non-hydrogen) atoms. The number of halogens is 1. The summed E-state index contributed by atoms with van der Waals surface area (Å²) < 4.78 is 6.53. The summed E-state index contributed by atoms with van der Waals surface area (Å²) in [5.41, 5.74) is 0. The predicted molar refractivity (Wildman–Crippen MR) is 95.4 cm³/mol. The zero-order valence-electron chi connectivity index (χ0n) is 12.7. The Morgan fingerprint density at radius 3 is 2.86 bits per heavy atom. The van der Waals surface area contributed by atoms with Gasteiger partial charge < -0.3 is 15.2 Å². The minimum Gasteiger partial charge on any atom is -0.491 e. The van der Waals surface area contributed by atoms with Crippen molar-refractivity contribution in [3.8, 4) is 5.75 Å². The van der Waals surface area contributed by atoms with Gasteiger partial charge in [0.05, 0.1) is 0 Å². The van der Waals surface area contributed by atoms with Gasteiger partial charge in [-0.15, -0.1) is 0 Å². The number of hydrogen-bond acceptors (Lipinski definition) is 4. The van der Waals surface area contributed by atoms with Gasteiger partial charge in [0.1, 0.15) is 18.5 Å². The number of thioether (sulfide) groups is 1. The molecule has 0 radical (unpaired) electrons. The molecule has 0 amide bonds. The van der Waals surface area contributed by atoms with Gasteiger partial charge in [0.15, 0.2) is 0 Å². The van der Waals surface area contributed by atoms with Crippen LogP contribution in [0.15, 0.2) is 28.7 Å². The molecule has 2 N–H and O–H groups in total. The van der Waals surface area contributed by atoms with Crippen LogP contribution in [0.2, 0.25) is 0 Å². The number of benzene rings is 1. The number of rotatable bonds is 12. The third-order valence-corrected chi connectivity index (χ3v) is 4.26. The van der Waals surface area contributed by atoms with E-state index < -0.39 is 6.10 Å². The molecule has 0 aliphatic rings. The van der Waals surface area contributed by atoms with Gasteiger partial charge >= 0.3 is 0 Å². The Labute approximate surface area is 141 Å². The summed E-state index contributed by atoms with van der Waals surface area (Å²) in [5.74, 6) is 2.04. The lowest BCUT2D eigenvalue weighted by Gasteiger charge is -2.13. The van der Waals surface area contributed by atoms with Gasteiger partial charge in [-0.2, -0.15) is 11.8 Å². The van der Waals surface area contributed by atoms with Gasteiger partial charge in [-0.05, 0) is 49.6 Å². The minimum atomic E-state index is -0.472. The summed E-state index contributed by atoms with van der Waals surface area (Å²) in [4.78, 5) is 0. The molecule has 1 unspecified atom stereocenters. The Balaban J connectivity index is 1.97. The van der Waals surface area contributed by atoms with Gasteiger partial charge in [0.2, 0.25) is 0 Å². The minimum absolute atomic E-state index is 0.317. The van der Waals surface area contributed by atoms with Crippen LogP contribution in [0.25, 0.3) is 0 Å². The van der Waals surface area contributed by atoms with Crippen LogP contribution in [0.4, 0.5) is 0 Å². The summed E-state index contributed by atoms with van der Waals surface area (Å²) >= 11 is 5.31. The summed E-state index contributed by atoms with van der Waals surface area (Å²) in [7, 11) is 0. The Hall–Kier alpha value is -0.230. The van der Waals surface area contributed by atoms with E-state index in [9.17, 15) is 5.11 Å². The zero-order chi connectivity index (χ0) is 15.3. The Kier molecular flexibility index (Phi) is 11.0. The molecule has 1 aromatic rings. The van der Waals surface area contributed by atoms with E-state index in [-0.39, 0.29) is 0 Å². The van der Waals surface area contributed by atoms with Crippen molar-refractivity contribution < 1.29 is 9.84 Å². The number of nitrogens with one attached hydrogen (secondary N) is 1. The number of unbranched alkanes of at least 4 members (excludes halogenated alkanes) is 3. The number of aliphatic hydroxyl groups is 1. The fraction of sp³-hybridized carbons (Fsp3) is 0.625. The molecule has 0 spiro atoms. The first-order valence-corrected chi connectivity index (χ1v) is 9.67. The summed E-state index contributed by atoms with van der Waals surface area (Å²) in [6.07, 6.45) is 6.73. The monoisotopic (exact) mass is 375 g/mol. The van der Waals surface area contributed by atoms with Crippen LogP contribution < -0.4 is 10.1 Å². The molecule has 0 bridgehead atoms. The Morgan fingerprint density at radius 2 is 2.10 bits per heavy atom. The first-order valence-electron chi connectivity index (χ1n) is 7.48. The van der Waals surface area contributed by atoms with Crippen LogP contribution in [-0.4, -0.2) is 42.9 Å². The molecule has 0 heterocycles. The molecule has 120 valence electrons. The fourth-order valence-corrected chi connectivity index (χ4v) is 2.80. The van der Waals surface area contributed by atoms with Crippen molar-refractivity contribution in [1.29, 1.82) is 0 Å². The molecule has 0 aliphatic heterocycles. The maximum atomic E-state index is 9.85. The van der Waals surface area contributed by atoms with Gasteiger partial charge in [0, 0.05) is 11.0 Å². The van der Waals surface area contributed by atoms with E-state index in [2.05, 4.69) is 27.5 Å². The molecule has 0 aliphatic carbocycles. The van der Waals surface area contributed by atoms with Crippen LogP contribution in [0, 0.1) is 0 Å². The van der Waals surface area contributed by atoms with Crippen molar-refractivity contribution in [2.45, 2.75) is 31.8 Å². The number of hydrogen-bond donors (Lipinski definition) is 2. The maximum Gasteiger partial charge on any atom is 0.120 e. The lowest BCUT2D eigenvalue weighted by atomic mass is 10.2. The standard InChI is InChI=1S/C16H26BrNO2S/c1-21-10-5-3-2-4-9-18-12-15(19)13-20-16-8-6-7-14(17)11-16/h6-8,11,15,18-19H,2-5,9-10,12-13H2,1H3. The van der Waals surface area contributed by atoms with Gasteiger partial charge in [-0.3, -0.25) is 0 Å². The van der Waals surface area contributed by atoms with Gasteiger partial charge in [-0.25, -0.2) is 0 Å². The molecule has 5 heteroatoms. The van der Waals surface area contributed by atoms with Crippen molar-refractivity contribution in [3.63, 3.8) is 0 Å². The second-order valence-corrected chi connectivity index (χ2v) is 6.93. The van der Waals surface area contributed by atoms with Crippen molar-refractivity contribution in [2.24, 2.45) is 0 Å². The van der Waals surface area contributed by atoms with E-state index in [0.29, 0.717) is 13.2 Å². The third-order valence-electron chi connectivity index (χ3n) is 3.07. The van der Waals surface area contributed by atoms with E-state index in [0.717, 1.165) is 16.8 Å². The fourth-order valence-electron chi connectivity index (χ4n) is 1.93. The first-order chi connectivity index (χ1) is 10.2. The van der Waals surface area contributed by atoms with Crippen molar-refractivity contribution >= 4 is 27.7 Å². The van der Waals surface area contributed by atoms with Crippen molar-refractivity contribution in [2.75, 3.05) is 31.7 Å². The number of ether oxygens (including phenoxy) is 1. The second-order valence-electron chi connectivity index (χ2n) is 5.03. The lowest BCUT2D eigenvalue weighted by molar-refractivity contribution is 0.106. The highest BCUT2D eigenvalue weighted by Gasteiger charge is 2.04. The van der Waals surface area contributed by atoms with E-state index in [4.69, 9.17) is 4.74 Å². The van der Waals surface area contributed by atoms with E-state index in [1.807, 2.05) is 36.0 Å². The quantitative estimate of drug-likeness (QED) is 0.546. The van der Waals surface area contributed by atoms with Crippen molar-refractivity contribution in [1.82, 2.24) is 5.32 Å². The molecular weight excluding hydrogens is 350 g/mol. The Bertz CT molecular complexity index is 379. The molecule has 0 saturated heterocycles. The highest BCUT2D eigenvalue weighted by atomic mass is 79.9. The predicted octanol–water partition coefficient (Wildman–Crippen LogP) is 3.70. The highest BCUT2D eigenvalue weighted by Crippen LogP contribution is 2.17. The van der Waals surface area contributed by atoms with Crippen LogP contribution in [-0.2, 0) is 0 Å². The molecular formula is C16H26BrNO2S. The number of aliphatic hydroxyl groups excluding tert-OH is 1. The van der Waals surface area contributed by atoms with Crippen LogP contribution in [0.5, 0.6) is 5.75 Å². The molecule has 1 rings (SSSR count). The maximum absolute atomic E-state index is 9.85. The summed E-state index contributed by atoms with van der Waals surface area (Å²) in [6, 6.07) is 7.65. The van der Waals surface area contributed by atoms with Crippen LogP contribution >= 0.6 is 27.7 Å². The second kappa shape index (κ2) is 12.3. The van der Waals surface area contributed by atoms with E-state index in [1.54, 1.807) is 0 Å². The molecule has 3 nitrogen and oxygen atoms in total.